The second-order valence-corrected chi connectivity index (χ2v) is 6.86. The van der Waals surface area contributed by atoms with Crippen molar-refractivity contribution in [1.82, 2.24) is 14.9 Å². The molecule has 0 unspecified atom stereocenters. The Morgan fingerprint density at radius 1 is 0.929 bits per heavy atom. The molecular weight excluding hydrogens is 353 g/mol. The zero-order chi connectivity index (χ0) is 19.3. The van der Waals surface area contributed by atoms with Crippen LogP contribution in [-0.2, 0) is 0 Å². The number of aromatic nitrogens is 2. The molecule has 0 aliphatic carbocycles. The lowest BCUT2D eigenvalue weighted by Crippen LogP contribution is -2.46. The lowest BCUT2D eigenvalue weighted by molar-refractivity contribution is 0.270. The predicted octanol–water partition coefficient (Wildman–Crippen LogP) is 4.17. The molecule has 1 saturated heterocycles. The molecule has 2 aromatic carbocycles. The van der Waals surface area contributed by atoms with Crippen LogP contribution in [0.1, 0.15) is 6.92 Å². The quantitative estimate of drug-likeness (QED) is 0.723. The number of anilines is 3. The number of benzene rings is 2. The van der Waals surface area contributed by atoms with Crippen LogP contribution in [0.4, 0.5) is 21.8 Å². The summed E-state index contributed by atoms with van der Waals surface area (Å²) in [4.78, 5) is 14.1. The van der Waals surface area contributed by atoms with E-state index in [-0.39, 0.29) is 5.82 Å². The summed E-state index contributed by atoms with van der Waals surface area (Å²) in [7, 11) is 0. The van der Waals surface area contributed by atoms with E-state index in [0.29, 0.717) is 11.6 Å². The van der Waals surface area contributed by atoms with Crippen molar-refractivity contribution >= 4 is 17.5 Å². The van der Waals surface area contributed by atoms with Crippen LogP contribution in [0, 0.1) is 5.82 Å². The third kappa shape index (κ3) is 4.28. The van der Waals surface area contributed by atoms with E-state index in [1.54, 1.807) is 12.1 Å². The van der Waals surface area contributed by atoms with Crippen LogP contribution in [0.25, 0.3) is 11.3 Å². The largest absolute Gasteiger partial charge is 0.354 e. The zero-order valence-corrected chi connectivity index (χ0v) is 16.0. The Labute approximate surface area is 164 Å². The molecule has 0 saturated carbocycles. The number of halogens is 1. The normalized spacial score (nSPS) is 14.9. The van der Waals surface area contributed by atoms with Crippen molar-refractivity contribution in [2.75, 3.05) is 42.9 Å². The Kier molecular flexibility index (Phi) is 5.48. The molecule has 0 atom stereocenters. The molecule has 4 rings (SSSR count). The fourth-order valence-corrected chi connectivity index (χ4v) is 3.40. The molecule has 1 fully saturated rings. The fourth-order valence-electron chi connectivity index (χ4n) is 3.40. The van der Waals surface area contributed by atoms with Crippen molar-refractivity contribution in [3.63, 3.8) is 0 Å². The average Bonchev–Trinajstić information content (AvgIpc) is 2.74. The summed E-state index contributed by atoms with van der Waals surface area (Å²) in [6.45, 7) is 7.16. The van der Waals surface area contributed by atoms with Crippen molar-refractivity contribution in [2.45, 2.75) is 6.92 Å². The van der Waals surface area contributed by atoms with Crippen LogP contribution in [0.5, 0.6) is 0 Å². The molecule has 0 amide bonds. The van der Waals surface area contributed by atoms with Gasteiger partial charge in [0.25, 0.3) is 0 Å². The predicted molar refractivity (Wildman–Crippen MR) is 111 cm³/mol. The minimum absolute atomic E-state index is 0.292. The van der Waals surface area contributed by atoms with E-state index in [4.69, 9.17) is 4.98 Å². The van der Waals surface area contributed by atoms with Gasteiger partial charge in [0, 0.05) is 43.5 Å². The number of likely N-dealkylation sites (N-methyl/N-ethyl adjacent to an activating group) is 1. The third-order valence-electron chi connectivity index (χ3n) is 5.01. The molecule has 1 aromatic heterocycles. The summed E-state index contributed by atoms with van der Waals surface area (Å²) < 4.78 is 13.6. The third-order valence-corrected chi connectivity index (χ3v) is 5.01. The van der Waals surface area contributed by atoms with Gasteiger partial charge in [0.05, 0.1) is 5.69 Å². The minimum atomic E-state index is -0.292. The summed E-state index contributed by atoms with van der Waals surface area (Å²) in [5, 5.41) is 3.16. The van der Waals surface area contributed by atoms with E-state index in [1.165, 1.54) is 12.1 Å². The first-order chi connectivity index (χ1) is 13.7. The molecule has 0 bridgehead atoms. The molecule has 3 aromatic rings. The molecule has 2 heterocycles. The maximum Gasteiger partial charge on any atom is 0.229 e. The molecular formula is C22H24FN5. The van der Waals surface area contributed by atoms with Gasteiger partial charge < -0.3 is 15.1 Å². The summed E-state index contributed by atoms with van der Waals surface area (Å²) >= 11 is 0. The summed E-state index contributed by atoms with van der Waals surface area (Å²) in [5.41, 5.74) is 2.51. The lowest BCUT2D eigenvalue weighted by atomic mass is 10.1. The van der Waals surface area contributed by atoms with Crippen molar-refractivity contribution in [1.29, 1.82) is 0 Å². The van der Waals surface area contributed by atoms with Gasteiger partial charge in [0.15, 0.2) is 0 Å². The van der Waals surface area contributed by atoms with Crippen LogP contribution in [0.15, 0.2) is 60.7 Å². The van der Waals surface area contributed by atoms with Crippen molar-refractivity contribution in [3.05, 3.63) is 66.5 Å². The maximum atomic E-state index is 13.6. The molecule has 6 heteroatoms. The Balaban J connectivity index is 1.67. The van der Waals surface area contributed by atoms with Gasteiger partial charge in [-0.25, -0.2) is 9.37 Å². The van der Waals surface area contributed by atoms with Gasteiger partial charge in [-0.05, 0) is 24.7 Å². The topological polar surface area (TPSA) is 44.3 Å². The number of rotatable bonds is 5. The first kappa shape index (κ1) is 18.4. The number of piperazine rings is 1. The highest BCUT2D eigenvalue weighted by molar-refractivity contribution is 5.66. The molecule has 1 aliphatic heterocycles. The molecule has 144 valence electrons. The Morgan fingerprint density at radius 3 is 2.43 bits per heavy atom. The van der Waals surface area contributed by atoms with Gasteiger partial charge in [-0.15, -0.1) is 0 Å². The SMILES string of the molecule is CCN1CCN(c2cc(-c3ccccc3)nc(Nc3cccc(F)c3)n2)CC1. The average molecular weight is 377 g/mol. The van der Waals surface area contributed by atoms with E-state index >= 15 is 0 Å². The smallest absolute Gasteiger partial charge is 0.229 e. The van der Waals surface area contributed by atoms with E-state index in [9.17, 15) is 4.39 Å². The Hall–Kier alpha value is -2.99. The highest BCUT2D eigenvalue weighted by Crippen LogP contribution is 2.25. The number of hydrogen-bond acceptors (Lipinski definition) is 5. The molecule has 0 radical (unpaired) electrons. The van der Waals surface area contributed by atoms with Crippen molar-refractivity contribution in [3.8, 4) is 11.3 Å². The van der Waals surface area contributed by atoms with Crippen LogP contribution in [0.3, 0.4) is 0 Å². The lowest BCUT2D eigenvalue weighted by Gasteiger charge is -2.35. The molecule has 1 aliphatic rings. The van der Waals surface area contributed by atoms with Crippen LogP contribution >= 0.6 is 0 Å². The van der Waals surface area contributed by atoms with E-state index < -0.39 is 0 Å². The molecule has 0 spiro atoms. The monoisotopic (exact) mass is 377 g/mol. The molecule has 5 nitrogen and oxygen atoms in total. The van der Waals surface area contributed by atoms with E-state index in [2.05, 4.69) is 27.0 Å². The van der Waals surface area contributed by atoms with Gasteiger partial charge in [0.1, 0.15) is 11.6 Å². The Morgan fingerprint density at radius 2 is 1.71 bits per heavy atom. The summed E-state index contributed by atoms with van der Waals surface area (Å²) in [6.07, 6.45) is 0. The minimum Gasteiger partial charge on any atom is -0.354 e. The van der Waals surface area contributed by atoms with Gasteiger partial charge in [-0.3, -0.25) is 0 Å². The highest BCUT2D eigenvalue weighted by Gasteiger charge is 2.19. The van der Waals surface area contributed by atoms with Gasteiger partial charge in [0.2, 0.25) is 5.95 Å². The van der Waals surface area contributed by atoms with Crippen LogP contribution in [0.2, 0.25) is 0 Å². The molecule has 28 heavy (non-hydrogen) atoms. The number of nitrogens with one attached hydrogen (secondary N) is 1. The van der Waals surface area contributed by atoms with Crippen LogP contribution < -0.4 is 10.2 Å². The van der Waals surface area contributed by atoms with E-state index in [0.717, 1.165) is 49.8 Å². The Bertz CT molecular complexity index is 923. The first-order valence-corrected chi connectivity index (χ1v) is 9.65. The zero-order valence-electron chi connectivity index (χ0n) is 16.0. The fraction of sp³-hybridized carbons (Fsp3) is 0.273. The van der Waals surface area contributed by atoms with Crippen molar-refractivity contribution < 1.29 is 4.39 Å². The number of hydrogen-bond donors (Lipinski definition) is 1. The maximum absolute atomic E-state index is 13.6. The van der Waals surface area contributed by atoms with Crippen LogP contribution in [-0.4, -0.2) is 47.6 Å². The summed E-state index contributed by atoms with van der Waals surface area (Å²) in [5.74, 6) is 1.07. The highest BCUT2D eigenvalue weighted by atomic mass is 19.1. The van der Waals surface area contributed by atoms with Gasteiger partial charge in [-0.1, -0.05) is 43.3 Å². The second kappa shape index (κ2) is 8.35. The van der Waals surface area contributed by atoms with Gasteiger partial charge in [-0.2, -0.15) is 4.98 Å². The second-order valence-electron chi connectivity index (χ2n) is 6.86. The number of nitrogens with zero attached hydrogens (tertiary/aromatic N) is 4. The molecule has 1 N–H and O–H groups in total. The first-order valence-electron chi connectivity index (χ1n) is 9.65. The van der Waals surface area contributed by atoms with E-state index in [1.807, 2.05) is 36.4 Å². The standard InChI is InChI=1S/C22H24FN5/c1-2-27-11-13-28(14-12-27)21-16-20(17-7-4-3-5-8-17)25-22(26-21)24-19-10-6-9-18(23)15-19/h3-10,15-16H,2,11-14H2,1H3,(H,24,25,26). The summed E-state index contributed by atoms with van der Waals surface area (Å²) in [6, 6.07) is 18.4. The van der Waals surface area contributed by atoms with Gasteiger partial charge >= 0.3 is 0 Å². The van der Waals surface area contributed by atoms with Crippen molar-refractivity contribution in [2.24, 2.45) is 0 Å².